The highest BCUT2D eigenvalue weighted by Gasteiger charge is 2.67. The fourth-order valence-corrected chi connectivity index (χ4v) is 4.42. The molecule has 0 aliphatic heterocycles. The molecule has 0 unspecified atom stereocenters. The second kappa shape index (κ2) is 3.34. The summed E-state index contributed by atoms with van der Waals surface area (Å²) in [6.07, 6.45) is 4.16. The maximum atomic E-state index is 12.2. The average molecular weight is 227 g/mol. The molecular weight excluding hydrogens is 210 g/mol. The van der Waals surface area contributed by atoms with Gasteiger partial charge in [0, 0.05) is 11.6 Å². The van der Waals surface area contributed by atoms with Crippen molar-refractivity contribution < 1.29 is 4.79 Å². The molecule has 2 bridgehead atoms. The van der Waals surface area contributed by atoms with Gasteiger partial charge in [-0.05, 0) is 55.1 Å². The van der Waals surface area contributed by atoms with Crippen LogP contribution < -0.4 is 5.32 Å². The van der Waals surface area contributed by atoms with Gasteiger partial charge in [-0.25, -0.2) is 0 Å². The monoisotopic (exact) mass is 227 g/mol. The molecule has 88 valence electrons. The summed E-state index contributed by atoms with van der Waals surface area (Å²) in [6, 6.07) is 9.83. The van der Waals surface area contributed by atoms with Crippen LogP contribution in [0.3, 0.4) is 0 Å². The van der Waals surface area contributed by atoms with Gasteiger partial charge in [-0.1, -0.05) is 18.2 Å². The van der Waals surface area contributed by atoms with Gasteiger partial charge >= 0.3 is 0 Å². The van der Waals surface area contributed by atoms with Crippen LogP contribution >= 0.6 is 0 Å². The van der Waals surface area contributed by atoms with E-state index >= 15 is 0 Å². The first kappa shape index (κ1) is 9.69. The third-order valence-corrected chi connectivity index (χ3v) is 5.08. The Kier molecular flexibility index (Phi) is 1.91. The standard InChI is InChI=1S/C15H17NO/c17-15(16-11-4-2-1-3-5-11)14-12-9-6-7-10(8-9)13(12)14/h1-5,9-10,12-14H,6-8H2,(H,16,17)/t9-,10-,12-,13-/m1/s1. The molecule has 1 amide bonds. The van der Waals surface area contributed by atoms with E-state index in [0.717, 1.165) is 29.4 Å². The predicted molar refractivity (Wildman–Crippen MR) is 66.4 cm³/mol. The van der Waals surface area contributed by atoms with Gasteiger partial charge in [0.05, 0.1) is 0 Å². The van der Waals surface area contributed by atoms with E-state index in [1.165, 1.54) is 19.3 Å². The fraction of sp³-hybridized carbons (Fsp3) is 0.533. The number of carbonyl (C=O) groups is 1. The molecule has 1 aromatic rings. The molecule has 3 saturated carbocycles. The second-order valence-electron chi connectivity index (χ2n) is 5.87. The van der Waals surface area contributed by atoms with Crippen LogP contribution in [0.4, 0.5) is 5.69 Å². The van der Waals surface area contributed by atoms with Gasteiger partial charge < -0.3 is 5.32 Å². The van der Waals surface area contributed by atoms with Crippen molar-refractivity contribution in [1.82, 2.24) is 0 Å². The van der Waals surface area contributed by atoms with E-state index in [2.05, 4.69) is 5.32 Å². The molecule has 1 aromatic carbocycles. The second-order valence-corrected chi connectivity index (χ2v) is 5.87. The molecule has 0 aromatic heterocycles. The third kappa shape index (κ3) is 1.36. The summed E-state index contributed by atoms with van der Waals surface area (Å²) in [5, 5.41) is 3.06. The van der Waals surface area contributed by atoms with Crippen molar-refractivity contribution in [2.75, 3.05) is 5.32 Å². The number of amides is 1. The number of anilines is 1. The maximum Gasteiger partial charge on any atom is 0.228 e. The highest BCUT2D eigenvalue weighted by Crippen LogP contribution is 2.69. The Bertz CT molecular complexity index is 439. The first-order valence-corrected chi connectivity index (χ1v) is 6.70. The number of nitrogens with one attached hydrogen (secondary N) is 1. The van der Waals surface area contributed by atoms with Crippen LogP contribution in [0.15, 0.2) is 30.3 Å². The van der Waals surface area contributed by atoms with Crippen molar-refractivity contribution in [2.24, 2.45) is 29.6 Å². The number of benzene rings is 1. The van der Waals surface area contributed by atoms with Gasteiger partial charge in [-0.2, -0.15) is 0 Å². The van der Waals surface area contributed by atoms with Crippen molar-refractivity contribution in [3.8, 4) is 0 Å². The quantitative estimate of drug-likeness (QED) is 0.827. The molecule has 4 atom stereocenters. The van der Waals surface area contributed by atoms with Gasteiger partial charge in [-0.15, -0.1) is 0 Å². The Morgan fingerprint density at radius 2 is 1.71 bits per heavy atom. The molecule has 3 aliphatic rings. The summed E-state index contributed by atoms with van der Waals surface area (Å²) in [7, 11) is 0. The van der Waals surface area contributed by atoms with Crippen molar-refractivity contribution in [2.45, 2.75) is 19.3 Å². The summed E-state index contributed by atoms with van der Waals surface area (Å²) >= 11 is 0. The minimum atomic E-state index is 0.266. The largest absolute Gasteiger partial charge is 0.326 e. The van der Waals surface area contributed by atoms with Gasteiger partial charge in [0.1, 0.15) is 0 Å². The smallest absolute Gasteiger partial charge is 0.228 e. The lowest BCUT2D eigenvalue weighted by molar-refractivity contribution is -0.118. The Balaban J connectivity index is 1.46. The van der Waals surface area contributed by atoms with Gasteiger partial charge in [0.25, 0.3) is 0 Å². The Morgan fingerprint density at radius 1 is 1.06 bits per heavy atom. The number of para-hydroxylation sites is 1. The first-order chi connectivity index (χ1) is 8.34. The molecule has 1 N–H and O–H groups in total. The predicted octanol–water partition coefficient (Wildman–Crippen LogP) is 2.92. The summed E-state index contributed by atoms with van der Waals surface area (Å²) in [5.41, 5.74) is 0.940. The summed E-state index contributed by atoms with van der Waals surface area (Å²) in [5.74, 6) is 3.81. The van der Waals surface area contributed by atoms with Crippen LogP contribution in [0.5, 0.6) is 0 Å². The van der Waals surface area contributed by atoms with Crippen LogP contribution in [0.2, 0.25) is 0 Å². The number of hydrogen-bond acceptors (Lipinski definition) is 1. The minimum absolute atomic E-state index is 0.266. The molecule has 2 heteroatoms. The minimum Gasteiger partial charge on any atom is -0.326 e. The van der Waals surface area contributed by atoms with Crippen molar-refractivity contribution in [1.29, 1.82) is 0 Å². The van der Waals surface area contributed by atoms with E-state index in [1.807, 2.05) is 30.3 Å². The molecule has 0 heterocycles. The summed E-state index contributed by atoms with van der Waals surface area (Å²) in [4.78, 5) is 12.2. The molecule has 3 aliphatic carbocycles. The van der Waals surface area contributed by atoms with E-state index in [9.17, 15) is 4.79 Å². The Hall–Kier alpha value is -1.31. The van der Waals surface area contributed by atoms with E-state index in [4.69, 9.17) is 0 Å². The zero-order valence-corrected chi connectivity index (χ0v) is 9.80. The van der Waals surface area contributed by atoms with Crippen LogP contribution in [0.1, 0.15) is 19.3 Å². The number of carbonyl (C=O) groups excluding carboxylic acids is 1. The average Bonchev–Trinajstić information content (AvgIpc) is 2.80. The fourth-order valence-electron chi connectivity index (χ4n) is 4.42. The van der Waals surface area contributed by atoms with Crippen LogP contribution in [0.25, 0.3) is 0 Å². The molecular formula is C15H17NO. The van der Waals surface area contributed by atoms with E-state index < -0.39 is 0 Å². The topological polar surface area (TPSA) is 29.1 Å². The maximum absolute atomic E-state index is 12.2. The highest BCUT2D eigenvalue weighted by atomic mass is 16.2. The molecule has 0 radical (unpaired) electrons. The first-order valence-electron chi connectivity index (χ1n) is 6.70. The van der Waals surface area contributed by atoms with Gasteiger partial charge in [0.2, 0.25) is 5.91 Å². The van der Waals surface area contributed by atoms with Crippen LogP contribution in [-0.4, -0.2) is 5.91 Å². The van der Waals surface area contributed by atoms with Gasteiger partial charge in [0.15, 0.2) is 0 Å². The van der Waals surface area contributed by atoms with E-state index in [1.54, 1.807) is 0 Å². The number of hydrogen-bond donors (Lipinski definition) is 1. The molecule has 17 heavy (non-hydrogen) atoms. The zero-order chi connectivity index (χ0) is 11.4. The molecule has 4 rings (SSSR count). The van der Waals surface area contributed by atoms with Crippen molar-refractivity contribution in [3.63, 3.8) is 0 Å². The Labute approximate surface area is 101 Å². The van der Waals surface area contributed by atoms with Crippen LogP contribution in [0, 0.1) is 29.6 Å². The number of fused-ring (bicyclic) bond motifs is 5. The SMILES string of the molecule is O=C(Nc1ccccc1)C1[C@@H]2[C@@H]3CC[C@H](C3)[C@@H]12. The molecule has 0 saturated heterocycles. The van der Waals surface area contributed by atoms with Crippen molar-refractivity contribution in [3.05, 3.63) is 30.3 Å². The van der Waals surface area contributed by atoms with Crippen LogP contribution in [-0.2, 0) is 4.79 Å². The molecule has 0 spiro atoms. The molecule has 2 nitrogen and oxygen atoms in total. The lowest BCUT2D eigenvalue weighted by Gasteiger charge is -2.09. The van der Waals surface area contributed by atoms with Crippen molar-refractivity contribution >= 4 is 11.6 Å². The summed E-state index contributed by atoms with van der Waals surface area (Å²) in [6.45, 7) is 0. The summed E-state index contributed by atoms with van der Waals surface area (Å²) < 4.78 is 0. The highest BCUT2D eigenvalue weighted by molar-refractivity contribution is 5.95. The Morgan fingerprint density at radius 3 is 2.35 bits per heavy atom. The third-order valence-electron chi connectivity index (χ3n) is 5.08. The van der Waals surface area contributed by atoms with E-state index in [0.29, 0.717) is 5.92 Å². The zero-order valence-electron chi connectivity index (χ0n) is 9.80. The normalized spacial score (nSPS) is 41.1. The molecule has 3 fully saturated rings. The lowest BCUT2D eigenvalue weighted by atomic mass is 10.0. The van der Waals surface area contributed by atoms with E-state index in [-0.39, 0.29) is 5.91 Å². The lowest BCUT2D eigenvalue weighted by Crippen LogP contribution is -2.18. The number of rotatable bonds is 2. The van der Waals surface area contributed by atoms with Gasteiger partial charge in [-0.3, -0.25) is 4.79 Å².